The number of benzene rings is 2. The number of pyridine rings is 1. The lowest BCUT2D eigenvalue weighted by Crippen LogP contribution is -2.41. The highest BCUT2D eigenvalue weighted by Gasteiger charge is 2.20. The molecule has 4 rings (SSSR count). The van der Waals surface area contributed by atoms with Gasteiger partial charge in [-0.05, 0) is 81.2 Å². The van der Waals surface area contributed by atoms with Crippen LogP contribution in [-0.2, 0) is 11.3 Å². The summed E-state index contributed by atoms with van der Waals surface area (Å²) < 4.78 is 0. The SMILES string of the molecule is Cc1cccc2c(=O)[nH]c(-c3ccc(CN4CCC(N(C)C)CC4)cc3)cc12.O=CO. The van der Waals surface area contributed by atoms with Crippen LogP contribution < -0.4 is 5.56 Å². The van der Waals surface area contributed by atoms with Gasteiger partial charge in [0.15, 0.2) is 0 Å². The molecule has 0 bridgehead atoms. The summed E-state index contributed by atoms with van der Waals surface area (Å²) in [5.41, 5.74) is 4.36. The van der Waals surface area contributed by atoms with Crippen LogP contribution in [0.2, 0.25) is 0 Å². The van der Waals surface area contributed by atoms with Crippen LogP contribution in [0.25, 0.3) is 22.0 Å². The maximum atomic E-state index is 12.5. The molecule has 0 saturated carbocycles. The lowest BCUT2D eigenvalue weighted by molar-refractivity contribution is -0.122. The van der Waals surface area contributed by atoms with Gasteiger partial charge in [-0.25, -0.2) is 0 Å². The molecule has 0 atom stereocenters. The van der Waals surface area contributed by atoms with E-state index in [1.54, 1.807) is 0 Å². The van der Waals surface area contributed by atoms with E-state index in [0.717, 1.165) is 47.2 Å². The summed E-state index contributed by atoms with van der Waals surface area (Å²) >= 11 is 0. The summed E-state index contributed by atoms with van der Waals surface area (Å²) in [7, 11) is 4.36. The number of aromatic nitrogens is 1. The number of rotatable bonds is 4. The van der Waals surface area contributed by atoms with E-state index in [1.165, 1.54) is 18.4 Å². The fraction of sp³-hybridized carbons (Fsp3) is 0.360. The number of likely N-dealkylation sites (tertiary alicyclic amines) is 1. The Kier molecular flexibility index (Phi) is 7.60. The average Bonchev–Trinajstić information content (AvgIpc) is 2.76. The molecular formula is C25H31N3O3. The van der Waals surface area contributed by atoms with Crippen molar-refractivity contribution in [2.45, 2.75) is 32.4 Å². The normalized spacial score (nSPS) is 15.0. The van der Waals surface area contributed by atoms with Gasteiger partial charge in [-0.3, -0.25) is 14.5 Å². The van der Waals surface area contributed by atoms with E-state index in [9.17, 15) is 4.79 Å². The average molecular weight is 422 g/mol. The Balaban J connectivity index is 0.000000858. The molecule has 1 aromatic heterocycles. The Labute approximate surface area is 183 Å². The van der Waals surface area contributed by atoms with Crippen LogP contribution in [0.5, 0.6) is 0 Å². The summed E-state index contributed by atoms with van der Waals surface area (Å²) in [6.45, 7) is 5.10. The van der Waals surface area contributed by atoms with E-state index in [-0.39, 0.29) is 12.0 Å². The minimum absolute atomic E-state index is 0.0240. The fourth-order valence-electron chi connectivity index (χ4n) is 4.24. The fourth-order valence-corrected chi connectivity index (χ4v) is 4.24. The van der Waals surface area contributed by atoms with Crippen LogP contribution >= 0.6 is 0 Å². The molecule has 1 fully saturated rings. The highest BCUT2D eigenvalue weighted by molar-refractivity contribution is 5.87. The van der Waals surface area contributed by atoms with Gasteiger partial charge in [0, 0.05) is 23.7 Å². The number of fused-ring (bicyclic) bond motifs is 1. The van der Waals surface area contributed by atoms with Crippen molar-refractivity contribution >= 4 is 17.2 Å². The van der Waals surface area contributed by atoms with Crippen molar-refractivity contribution < 1.29 is 9.90 Å². The molecular weight excluding hydrogens is 390 g/mol. The number of aryl methyl sites for hydroxylation is 1. The molecule has 31 heavy (non-hydrogen) atoms. The molecule has 2 aromatic carbocycles. The van der Waals surface area contributed by atoms with Crippen molar-refractivity contribution in [1.82, 2.24) is 14.8 Å². The predicted molar refractivity (Wildman–Crippen MR) is 125 cm³/mol. The summed E-state index contributed by atoms with van der Waals surface area (Å²) in [4.78, 5) is 28.7. The Morgan fingerprint density at radius 2 is 1.74 bits per heavy atom. The second-order valence-electron chi connectivity index (χ2n) is 8.32. The molecule has 0 amide bonds. The van der Waals surface area contributed by atoms with Gasteiger partial charge < -0.3 is 15.0 Å². The molecule has 3 aromatic rings. The van der Waals surface area contributed by atoms with E-state index in [2.05, 4.69) is 59.2 Å². The number of carboxylic acid groups (broad SMARTS) is 1. The van der Waals surface area contributed by atoms with Crippen LogP contribution in [0.15, 0.2) is 53.3 Å². The van der Waals surface area contributed by atoms with Crippen molar-refractivity contribution in [1.29, 1.82) is 0 Å². The van der Waals surface area contributed by atoms with Crippen LogP contribution in [0.4, 0.5) is 0 Å². The van der Waals surface area contributed by atoms with Gasteiger partial charge in [0.05, 0.1) is 0 Å². The molecule has 0 aliphatic carbocycles. The molecule has 6 heteroatoms. The summed E-state index contributed by atoms with van der Waals surface area (Å²) in [5.74, 6) is 0. The topological polar surface area (TPSA) is 76.6 Å². The molecule has 0 spiro atoms. The van der Waals surface area contributed by atoms with E-state index in [1.807, 2.05) is 25.1 Å². The number of H-pyrrole nitrogens is 1. The highest BCUT2D eigenvalue weighted by Crippen LogP contribution is 2.23. The molecule has 1 aliphatic rings. The zero-order valence-electron chi connectivity index (χ0n) is 18.5. The lowest BCUT2D eigenvalue weighted by Gasteiger charge is -2.35. The Morgan fingerprint density at radius 1 is 1.10 bits per heavy atom. The summed E-state index contributed by atoms with van der Waals surface area (Å²) in [6, 6.07) is 17.3. The molecule has 6 nitrogen and oxygen atoms in total. The molecule has 0 radical (unpaired) electrons. The molecule has 1 aliphatic heterocycles. The van der Waals surface area contributed by atoms with Crippen LogP contribution in [0, 0.1) is 6.92 Å². The third kappa shape index (κ3) is 5.60. The monoisotopic (exact) mass is 421 g/mol. The first-order chi connectivity index (χ1) is 14.9. The number of nitrogens with zero attached hydrogens (tertiary/aromatic N) is 2. The summed E-state index contributed by atoms with van der Waals surface area (Å²) in [5, 5.41) is 8.66. The second kappa shape index (κ2) is 10.4. The first-order valence-corrected chi connectivity index (χ1v) is 10.6. The first kappa shape index (κ1) is 22.7. The van der Waals surface area contributed by atoms with Gasteiger partial charge in [0.1, 0.15) is 0 Å². The minimum atomic E-state index is -0.250. The van der Waals surface area contributed by atoms with Crippen molar-refractivity contribution in [3.8, 4) is 11.3 Å². The van der Waals surface area contributed by atoms with E-state index < -0.39 is 0 Å². The smallest absolute Gasteiger partial charge is 0.290 e. The van der Waals surface area contributed by atoms with E-state index >= 15 is 0 Å². The number of hydrogen-bond acceptors (Lipinski definition) is 4. The van der Waals surface area contributed by atoms with Crippen molar-refractivity contribution in [2.75, 3.05) is 27.2 Å². The van der Waals surface area contributed by atoms with Crippen LogP contribution in [0.1, 0.15) is 24.0 Å². The van der Waals surface area contributed by atoms with Gasteiger partial charge in [0.2, 0.25) is 0 Å². The largest absolute Gasteiger partial charge is 0.483 e. The number of piperidine rings is 1. The van der Waals surface area contributed by atoms with Gasteiger partial charge >= 0.3 is 0 Å². The van der Waals surface area contributed by atoms with Gasteiger partial charge in [-0.15, -0.1) is 0 Å². The van der Waals surface area contributed by atoms with E-state index in [0.29, 0.717) is 6.04 Å². The molecule has 2 heterocycles. The number of hydrogen-bond donors (Lipinski definition) is 2. The maximum absolute atomic E-state index is 12.5. The van der Waals surface area contributed by atoms with Crippen molar-refractivity contribution in [3.05, 3.63) is 70.0 Å². The molecule has 1 saturated heterocycles. The number of aromatic amines is 1. The number of carbonyl (C=O) groups is 1. The highest BCUT2D eigenvalue weighted by atomic mass is 16.3. The maximum Gasteiger partial charge on any atom is 0.290 e. The zero-order valence-corrected chi connectivity index (χ0v) is 18.5. The standard InChI is InChI=1S/C24H29N3O.CH2O2/c1-17-5-4-6-21-22(17)15-23(25-24(21)28)19-9-7-18(8-10-19)16-27-13-11-20(12-14-27)26(2)3;2-1-3/h4-10,15,20H,11-14,16H2,1-3H3,(H,25,28);1H,(H,2,3). The third-order valence-electron chi connectivity index (χ3n) is 6.06. The van der Waals surface area contributed by atoms with Crippen LogP contribution in [0.3, 0.4) is 0 Å². The summed E-state index contributed by atoms with van der Waals surface area (Å²) in [6.07, 6.45) is 2.48. The Morgan fingerprint density at radius 3 is 2.35 bits per heavy atom. The Hall–Kier alpha value is -2.96. The number of nitrogens with one attached hydrogen (secondary N) is 1. The lowest BCUT2D eigenvalue weighted by atomic mass is 10.0. The zero-order chi connectivity index (χ0) is 22.4. The van der Waals surface area contributed by atoms with Crippen LogP contribution in [-0.4, -0.2) is 59.6 Å². The van der Waals surface area contributed by atoms with Gasteiger partial charge in [-0.1, -0.05) is 36.4 Å². The van der Waals surface area contributed by atoms with Crippen molar-refractivity contribution in [3.63, 3.8) is 0 Å². The molecule has 2 N–H and O–H groups in total. The second-order valence-corrected chi connectivity index (χ2v) is 8.32. The third-order valence-corrected chi connectivity index (χ3v) is 6.06. The molecule has 164 valence electrons. The van der Waals surface area contributed by atoms with E-state index in [4.69, 9.17) is 9.90 Å². The minimum Gasteiger partial charge on any atom is -0.483 e. The molecule has 0 unspecified atom stereocenters. The predicted octanol–water partition coefficient (Wildman–Crippen LogP) is 3.73. The Bertz CT molecular complexity index is 1070. The van der Waals surface area contributed by atoms with Gasteiger partial charge in [0.25, 0.3) is 12.0 Å². The quantitative estimate of drug-likeness (QED) is 0.628. The first-order valence-electron chi connectivity index (χ1n) is 10.6. The van der Waals surface area contributed by atoms with Crippen molar-refractivity contribution in [2.24, 2.45) is 0 Å². The van der Waals surface area contributed by atoms with Gasteiger partial charge in [-0.2, -0.15) is 0 Å².